The van der Waals surface area contributed by atoms with Crippen molar-refractivity contribution in [2.24, 2.45) is 0 Å². The quantitative estimate of drug-likeness (QED) is 0.570. The Hall–Kier alpha value is -3.01. The number of aryl methyl sites for hydroxylation is 2. The zero-order valence-electron chi connectivity index (χ0n) is 18.7. The molecule has 5 rings (SSSR count). The van der Waals surface area contributed by atoms with E-state index in [0.29, 0.717) is 24.7 Å². The number of fused-ring (bicyclic) bond motifs is 5. The number of sulfonamides is 1. The Bertz CT molecular complexity index is 1270. The van der Waals surface area contributed by atoms with Crippen molar-refractivity contribution >= 4 is 16.0 Å². The molecule has 0 spiro atoms. The van der Waals surface area contributed by atoms with Crippen molar-refractivity contribution in [2.75, 3.05) is 31.0 Å². The molecule has 33 heavy (non-hydrogen) atoms. The third-order valence-electron chi connectivity index (χ3n) is 6.16. The molecule has 2 aromatic carbocycles. The van der Waals surface area contributed by atoms with Crippen molar-refractivity contribution in [3.63, 3.8) is 0 Å². The van der Waals surface area contributed by atoms with Crippen LogP contribution in [0.3, 0.4) is 0 Å². The lowest BCUT2D eigenvalue weighted by Gasteiger charge is -2.35. The van der Waals surface area contributed by atoms with Crippen molar-refractivity contribution in [1.29, 1.82) is 0 Å². The van der Waals surface area contributed by atoms with E-state index in [1.807, 2.05) is 38.1 Å². The summed E-state index contributed by atoms with van der Waals surface area (Å²) in [5.41, 5.74) is 4.59. The molecule has 2 aliphatic rings. The average molecular weight is 466 g/mol. The van der Waals surface area contributed by atoms with E-state index in [4.69, 9.17) is 4.74 Å². The van der Waals surface area contributed by atoms with E-state index in [1.54, 1.807) is 24.3 Å². The summed E-state index contributed by atoms with van der Waals surface area (Å²) in [4.78, 5) is 11.5. The molecule has 2 aliphatic heterocycles. The number of nitrogens with one attached hydrogen (secondary N) is 2. The lowest BCUT2D eigenvalue weighted by atomic mass is 10.00. The first-order valence-electron chi connectivity index (χ1n) is 11.0. The molecule has 3 heterocycles. The maximum absolute atomic E-state index is 13.2. The van der Waals surface area contributed by atoms with Gasteiger partial charge in [-0.2, -0.15) is 4.98 Å². The van der Waals surface area contributed by atoms with E-state index in [2.05, 4.69) is 24.9 Å². The van der Waals surface area contributed by atoms with E-state index in [9.17, 15) is 8.42 Å². The fourth-order valence-corrected chi connectivity index (χ4v) is 5.49. The van der Waals surface area contributed by atoms with E-state index in [1.165, 1.54) is 0 Å². The van der Waals surface area contributed by atoms with Gasteiger partial charge in [0.05, 0.1) is 16.6 Å². The first kappa shape index (κ1) is 21.8. The summed E-state index contributed by atoms with van der Waals surface area (Å²) in [6, 6.07) is 15.0. The summed E-state index contributed by atoms with van der Waals surface area (Å²) < 4.78 is 35.1. The Morgan fingerprint density at radius 3 is 2.67 bits per heavy atom. The van der Waals surface area contributed by atoms with Crippen LogP contribution >= 0.6 is 0 Å². The molecule has 172 valence electrons. The molecular weight excluding hydrogens is 438 g/mol. The minimum absolute atomic E-state index is 0.00608. The van der Waals surface area contributed by atoms with Gasteiger partial charge in [0.25, 0.3) is 10.0 Å². The molecule has 9 heteroatoms. The van der Waals surface area contributed by atoms with Crippen molar-refractivity contribution in [2.45, 2.75) is 31.3 Å². The van der Waals surface area contributed by atoms with E-state index >= 15 is 0 Å². The fourth-order valence-electron chi connectivity index (χ4n) is 4.47. The Kier molecular flexibility index (Phi) is 5.77. The summed E-state index contributed by atoms with van der Waals surface area (Å²) in [7, 11) is -3.87. The number of aromatic nitrogens is 2. The molecule has 1 unspecified atom stereocenters. The number of piperazine rings is 1. The second kappa shape index (κ2) is 8.74. The van der Waals surface area contributed by atoms with Crippen LogP contribution < -0.4 is 14.8 Å². The third-order valence-corrected chi connectivity index (χ3v) is 7.48. The van der Waals surface area contributed by atoms with Crippen LogP contribution in [0.25, 0.3) is 11.3 Å². The second-order valence-corrected chi connectivity index (χ2v) is 10.3. The Morgan fingerprint density at radius 2 is 1.85 bits per heavy atom. The number of ether oxygens (including phenoxy) is 1. The Labute approximate surface area is 194 Å². The van der Waals surface area contributed by atoms with Gasteiger partial charge in [0.2, 0.25) is 11.8 Å². The van der Waals surface area contributed by atoms with Gasteiger partial charge in [-0.1, -0.05) is 30.3 Å². The summed E-state index contributed by atoms with van der Waals surface area (Å²) in [5.74, 6) is 0.338. The number of anilines is 1. The third kappa shape index (κ3) is 4.57. The molecule has 1 aromatic heterocycles. The molecule has 4 bridgehead atoms. The van der Waals surface area contributed by atoms with Crippen LogP contribution in [0.5, 0.6) is 5.88 Å². The van der Waals surface area contributed by atoms with Crippen LogP contribution in [0.2, 0.25) is 0 Å². The highest BCUT2D eigenvalue weighted by Gasteiger charge is 2.25. The standard InChI is InChI=1S/C24H27N5O3S/c1-16-5-3-6-17(2)23(16)21-12-22-27-24(26-21)28-33(30,31)20-8-4-7-18(11-20)14-29-10-9-25-13-19(29)15-32-22/h3-8,11-12,19,25H,9-10,13-15H2,1-2H3,(H,26,27,28). The van der Waals surface area contributed by atoms with Gasteiger partial charge in [-0.05, 0) is 42.7 Å². The molecule has 1 atom stereocenters. The van der Waals surface area contributed by atoms with Crippen molar-refractivity contribution in [1.82, 2.24) is 20.2 Å². The maximum Gasteiger partial charge on any atom is 0.264 e. The summed E-state index contributed by atoms with van der Waals surface area (Å²) in [6.07, 6.45) is 0. The predicted molar refractivity (Wildman–Crippen MR) is 127 cm³/mol. The zero-order valence-corrected chi connectivity index (χ0v) is 19.5. The highest BCUT2D eigenvalue weighted by atomic mass is 32.2. The predicted octanol–water partition coefficient (Wildman–Crippen LogP) is 2.73. The molecule has 0 aliphatic carbocycles. The lowest BCUT2D eigenvalue weighted by Crippen LogP contribution is -2.53. The first-order valence-corrected chi connectivity index (χ1v) is 12.5. The van der Waals surface area contributed by atoms with Crippen LogP contribution in [0.1, 0.15) is 16.7 Å². The van der Waals surface area contributed by atoms with Gasteiger partial charge < -0.3 is 10.1 Å². The van der Waals surface area contributed by atoms with Gasteiger partial charge in [0, 0.05) is 37.8 Å². The van der Waals surface area contributed by atoms with Crippen LogP contribution in [0, 0.1) is 13.8 Å². The van der Waals surface area contributed by atoms with E-state index < -0.39 is 10.0 Å². The molecule has 0 amide bonds. The molecule has 2 N–H and O–H groups in total. The van der Waals surface area contributed by atoms with Gasteiger partial charge >= 0.3 is 0 Å². The maximum atomic E-state index is 13.2. The Balaban J connectivity index is 1.63. The molecule has 1 saturated heterocycles. The van der Waals surface area contributed by atoms with Crippen LogP contribution in [0.15, 0.2) is 53.4 Å². The number of hydrogen-bond donors (Lipinski definition) is 2. The minimum Gasteiger partial charge on any atom is -0.476 e. The van der Waals surface area contributed by atoms with Gasteiger partial charge in [-0.15, -0.1) is 0 Å². The molecule has 0 radical (unpaired) electrons. The molecule has 3 aromatic rings. The molecule has 1 fully saturated rings. The number of nitrogens with zero attached hydrogens (tertiary/aromatic N) is 3. The smallest absolute Gasteiger partial charge is 0.264 e. The number of rotatable bonds is 1. The molecular formula is C24H27N5O3S. The van der Waals surface area contributed by atoms with Crippen molar-refractivity contribution in [3.05, 3.63) is 65.2 Å². The molecule has 0 saturated carbocycles. The van der Waals surface area contributed by atoms with Crippen molar-refractivity contribution in [3.8, 4) is 17.1 Å². The zero-order chi connectivity index (χ0) is 23.0. The van der Waals surface area contributed by atoms with Gasteiger partial charge in [-0.3, -0.25) is 4.90 Å². The van der Waals surface area contributed by atoms with Gasteiger partial charge in [0.1, 0.15) is 6.61 Å². The van der Waals surface area contributed by atoms with E-state index in [0.717, 1.165) is 41.9 Å². The van der Waals surface area contributed by atoms with Crippen LogP contribution in [-0.4, -0.2) is 55.6 Å². The average Bonchev–Trinajstić information content (AvgIpc) is 2.78. The SMILES string of the molecule is Cc1cccc(C)c1-c1cc2nc(n1)NS(=O)(=O)c1cccc(c1)CN1CCNCC1CO2. The first-order chi connectivity index (χ1) is 15.9. The van der Waals surface area contributed by atoms with Crippen molar-refractivity contribution < 1.29 is 13.2 Å². The molecule has 8 nitrogen and oxygen atoms in total. The summed E-state index contributed by atoms with van der Waals surface area (Å²) in [5, 5.41) is 3.42. The number of hydrogen-bond acceptors (Lipinski definition) is 7. The van der Waals surface area contributed by atoms with Crippen LogP contribution in [0.4, 0.5) is 5.95 Å². The Morgan fingerprint density at radius 1 is 1.06 bits per heavy atom. The normalized spacial score (nSPS) is 20.2. The second-order valence-electron chi connectivity index (χ2n) is 8.57. The summed E-state index contributed by atoms with van der Waals surface area (Å²) in [6.45, 7) is 7.62. The largest absolute Gasteiger partial charge is 0.476 e. The van der Waals surface area contributed by atoms with Crippen LogP contribution in [-0.2, 0) is 16.6 Å². The van der Waals surface area contributed by atoms with E-state index in [-0.39, 0.29) is 16.9 Å². The monoisotopic (exact) mass is 465 g/mol. The highest BCUT2D eigenvalue weighted by molar-refractivity contribution is 7.92. The highest BCUT2D eigenvalue weighted by Crippen LogP contribution is 2.30. The minimum atomic E-state index is -3.87. The topological polar surface area (TPSA) is 96.5 Å². The fraction of sp³-hybridized carbons (Fsp3) is 0.333. The lowest BCUT2D eigenvalue weighted by molar-refractivity contribution is 0.102. The number of benzene rings is 2. The van der Waals surface area contributed by atoms with Gasteiger partial charge in [0.15, 0.2) is 0 Å². The summed E-state index contributed by atoms with van der Waals surface area (Å²) >= 11 is 0. The van der Waals surface area contributed by atoms with Gasteiger partial charge in [-0.25, -0.2) is 18.1 Å².